The normalized spacial score (nSPS) is 13.6. The van der Waals surface area contributed by atoms with Gasteiger partial charge in [0.25, 0.3) is 0 Å². The maximum Gasteiger partial charge on any atom is 0.189 e. The summed E-state index contributed by atoms with van der Waals surface area (Å²) in [6, 6.07) is 14.9. The Morgan fingerprint density at radius 1 is 1.22 bits per heavy atom. The van der Waals surface area contributed by atoms with Crippen LogP contribution in [0.2, 0.25) is 10.0 Å². The third kappa shape index (κ3) is 8.66. The monoisotopic (exact) mass is 523 g/mol. The maximum absolute atomic E-state index is 9.95. The quantitative estimate of drug-likeness (QED) is 0.276. The standard InChI is InChI=1S/C19H23Cl2N3O2.HI/c1-13(17-8-7-15(20)9-18(17)21)24-19(22)23-10-16(25)12-26-11-14-5-3-2-4-6-14;/h2-9,13,16,25H,10-12H2,1H3,(H3,22,23,24);1H. The van der Waals surface area contributed by atoms with E-state index in [9.17, 15) is 5.11 Å². The molecule has 8 heteroatoms. The number of nitrogens with zero attached hydrogens (tertiary/aromatic N) is 1. The molecule has 148 valence electrons. The number of nitrogens with one attached hydrogen (secondary N) is 1. The predicted molar refractivity (Wildman–Crippen MR) is 122 cm³/mol. The maximum atomic E-state index is 9.95. The molecule has 0 aliphatic carbocycles. The second kappa shape index (κ2) is 12.4. The SMILES string of the molecule is CC(NC(N)=NCC(O)COCc1ccccc1)c1ccc(Cl)cc1Cl.I. The Hall–Kier alpha value is -1.06. The fourth-order valence-corrected chi connectivity index (χ4v) is 2.91. The molecular formula is C19H24Cl2IN3O2. The molecule has 2 aromatic rings. The van der Waals surface area contributed by atoms with Crippen molar-refractivity contribution in [3.8, 4) is 0 Å². The van der Waals surface area contributed by atoms with Gasteiger partial charge in [-0.25, -0.2) is 0 Å². The number of aliphatic imine (C=N–C) groups is 1. The summed E-state index contributed by atoms with van der Waals surface area (Å²) in [7, 11) is 0. The molecule has 0 amide bonds. The van der Waals surface area contributed by atoms with Crippen molar-refractivity contribution in [2.75, 3.05) is 13.2 Å². The Morgan fingerprint density at radius 2 is 1.93 bits per heavy atom. The smallest absolute Gasteiger partial charge is 0.189 e. The molecule has 0 saturated carbocycles. The number of rotatable bonds is 8. The summed E-state index contributed by atoms with van der Waals surface area (Å²) in [5.74, 6) is 0.227. The van der Waals surface area contributed by atoms with E-state index in [1.807, 2.05) is 43.3 Å². The predicted octanol–water partition coefficient (Wildman–Crippen LogP) is 4.15. The molecule has 0 aliphatic rings. The van der Waals surface area contributed by atoms with Crippen LogP contribution in [-0.2, 0) is 11.3 Å². The lowest BCUT2D eigenvalue weighted by atomic mass is 10.1. The van der Waals surface area contributed by atoms with Gasteiger partial charge < -0.3 is 20.9 Å². The molecule has 2 aromatic carbocycles. The molecular weight excluding hydrogens is 500 g/mol. The largest absolute Gasteiger partial charge is 0.389 e. The summed E-state index contributed by atoms with van der Waals surface area (Å²) in [6.45, 7) is 2.69. The molecule has 0 fully saturated rings. The van der Waals surface area contributed by atoms with Crippen LogP contribution in [0.3, 0.4) is 0 Å². The van der Waals surface area contributed by atoms with E-state index in [1.54, 1.807) is 12.1 Å². The van der Waals surface area contributed by atoms with Crippen molar-refractivity contribution in [2.24, 2.45) is 10.7 Å². The third-order valence-electron chi connectivity index (χ3n) is 3.69. The van der Waals surface area contributed by atoms with E-state index in [1.165, 1.54) is 0 Å². The average Bonchev–Trinajstić information content (AvgIpc) is 2.60. The van der Waals surface area contributed by atoms with Gasteiger partial charge >= 0.3 is 0 Å². The number of hydrogen-bond acceptors (Lipinski definition) is 3. The molecule has 0 aliphatic heterocycles. The first-order valence-corrected chi connectivity index (χ1v) is 9.02. The van der Waals surface area contributed by atoms with Crippen LogP contribution in [0.15, 0.2) is 53.5 Å². The number of aliphatic hydroxyl groups is 1. The second-order valence-corrected chi connectivity index (χ2v) is 6.76. The molecule has 2 unspecified atom stereocenters. The summed E-state index contributed by atoms with van der Waals surface area (Å²) in [6.07, 6.45) is -0.728. The Balaban J connectivity index is 0.00000364. The van der Waals surface area contributed by atoms with Crippen LogP contribution in [0.25, 0.3) is 0 Å². The molecule has 2 atom stereocenters. The number of aliphatic hydroxyl groups excluding tert-OH is 1. The van der Waals surface area contributed by atoms with Crippen molar-refractivity contribution in [1.82, 2.24) is 5.32 Å². The van der Waals surface area contributed by atoms with Gasteiger partial charge in [-0.2, -0.15) is 0 Å². The lowest BCUT2D eigenvalue weighted by Gasteiger charge is -2.17. The molecule has 0 radical (unpaired) electrons. The zero-order valence-corrected chi connectivity index (χ0v) is 18.8. The third-order valence-corrected chi connectivity index (χ3v) is 4.25. The van der Waals surface area contributed by atoms with Crippen LogP contribution in [0.1, 0.15) is 24.1 Å². The zero-order valence-electron chi connectivity index (χ0n) is 14.9. The van der Waals surface area contributed by atoms with Gasteiger partial charge in [-0.15, -0.1) is 24.0 Å². The zero-order chi connectivity index (χ0) is 18.9. The van der Waals surface area contributed by atoms with Crippen molar-refractivity contribution in [3.63, 3.8) is 0 Å². The minimum Gasteiger partial charge on any atom is -0.389 e. The van der Waals surface area contributed by atoms with Gasteiger partial charge in [0.15, 0.2) is 5.96 Å². The summed E-state index contributed by atoms with van der Waals surface area (Å²) >= 11 is 12.1. The molecule has 0 aromatic heterocycles. The molecule has 0 heterocycles. The molecule has 0 spiro atoms. The number of nitrogens with two attached hydrogens (primary N) is 1. The van der Waals surface area contributed by atoms with E-state index in [4.69, 9.17) is 33.7 Å². The summed E-state index contributed by atoms with van der Waals surface area (Å²) < 4.78 is 5.48. The highest BCUT2D eigenvalue weighted by atomic mass is 127. The Morgan fingerprint density at radius 3 is 2.59 bits per heavy atom. The fraction of sp³-hybridized carbons (Fsp3) is 0.316. The van der Waals surface area contributed by atoms with Crippen LogP contribution in [-0.4, -0.2) is 30.3 Å². The van der Waals surface area contributed by atoms with Crippen molar-refractivity contribution in [1.29, 1.82) is 0 Å². The van der Waals surface area contributed by atoms with Crippen molar-refractivity contribution < 1.29 is 9.84 Å². The van der Waals surface area contributed by atoms with Crippen molar-refractivity contribution in [3.05, 3.63) is 69.7 Å². The minimum absolute atomic E-state index is 0. The molecule has 4 N–H and O–H groups in total. The van der Waals surface area contributed by atoms with E-state index in [2.05, 4.69) is 10.3 Å². The molecule has 2 rings (SSSR count). The first-order valence-electron chi connectivity index (χ1n) is 8.27. The van der Waals surface area contributed by atoms with Crippen molar-refractivity contribution in [2.45, 2.75) is 25.7 Å². The van der Waals surface area contributed by atoms with Crippen LogP contribution < -0.4 is 11.1 Å². The number of ether oxygens (including phenoxy) is 1. The fourth-order valence-electron chi connectivity index (χ4n) is 2.34. The molecule has 27 heavy (non-hydrogen) atoms. The molecule has 0 saturated heterocycles. The highest BCUT2D eigenvalue weighted by Crippen LogP contribution is 2.25. The molecule has 5 nitrogen and oxygen atoms in total. The average molecular weight is 524 g/mol. The lowest BCUT2D eigenvalue weighted by molar-refractivity contribution is 0.0331. The van der Waals surface area contributed by atoms with E-state index < -0.39 is 6.10 Å². The number of halogens is 3. The van der Waals surface area contributed by atoms with Gasteiger partial charge in [0, 0.05) is 10.0 Å². The van der Waals surface area contributed by atoms with Gasteiger partial charge in [0.2, 0.25) is 0 Å². The lowest BCUT2D eigenvalue weighted by Crippen LogP contribution is -2.35. The Kier molecular flexibility index (Phi) is 11.0. The van der Waals surface area contributed by atoms with E-state index >= 15 is 0 Å². The summed E-state index contributed by atoms with van der Waals surface area (Å²) in [5, 5.41) is 14.1. The number of benzene rings is 2. The highest BCUT2D eigenvalue weighted by molar-refractivity contribution is 14.0. The summed E-state index contributed by atoms with van der Waals surface area (Å²) in [4.78, 5) is 4.15. The van der Waals surface area contributed by atoms with Crippen LogP contribution in [0.4, 0.5) is 0 Å². The number of hydrogen-bond donors (Lipinski definition) is 3. The van der Waals surface area contributed by atoms with Gasteiger partial charge in [-0.1, -0.05) is 59.6 Å². The van der Waals surface area contributed by atoms with Gasteiger partial charge in [0.1, 0.15) is 0 Å². The van der Waals surface area contributed by atoms with Gasteiger partial charge in [-0.05, 0) is 30.2 Å². The Bertz CT molecular complexity index is 732. The minimum atomic E-state index is -0.728. The number of guanidine groups is 1. The summed E-state index contributed by atoms with van der Waals surface area (Å²) in [5.41, 5.74) is 7.79. The van der Waals surface area contributed by atoms with E-state index in [0.29, 0.717) is 16.7 Å². The van der Waals surface area contributed by atoms with Gasteiger partial charge in [0.05, 0.1) is 31.9 Å². The Labute approximate surface area is 186 Å². The highest BCUT2D eigenvalue weighted by Gasteiger charge is 2.11. The topological polar surface area (TPSA) is 79.9 Å². The van der Waals surface area contributed by atoms with Gasteiger partial charge in [-0.3, -0.25) is 4.99 Å². The van der Waals surface area contributed by atoms with Crippen LogP contribution >= 0.6 is 47.2 Å². The van der Waals surface area contributed by atoms with E-state index in [-0.39, 0.29) is 49.1 Å². The second-order valence-electron chi connectivity index (χ2n) is 5.91. The molecule has 0 bridgehead atoms. The van der Waals surface area contributed by atoms with Crippen molar-refractivity contribution >= 4 is 53.1 Å². The van der Waals surface area contributed by atoms with Crippen LogP contribution in [0, 0.1) is 0 Å². The first kappa shape index (κ1) is 24.0. The van der Waals surface area contributed by atoms with E-state index in [0.717, 1.165) is 11.1 Å². The van der Waals surface area contributed by atoms with Crippen LogP contribution in [0.5, 0.6) is 0 Å². The first-order chi connectivity index (χ1) is 12.5.